The van der Waals surface area contributed by atoms with Crippen LogP contribution in [0, 0.1) is 31.6 Å². The van der Waals surface area contributed by atoms with Crippen LogP contribution in [0.1, 0.15) is 64.2 Å². The van der Waals surface area contributed by atoms with Gasteiger partial charge in [-0.1, -0.05) is 71.0 Å². The maximum atomic E-state index is 13.5. The molecule has 0 heterocycles. The van der Waals surface area contributed by atoms with Crippen molar-refractivity contribution in [1.82, 2.24) is 16.0 Å². The molecule has 3 amide bonds. The molecule has 0 saturated carbocycles. The van der Waals surface area contributed by atoms with Crippen molar-refractivity contribution in [2.45, 2.75) is 84.8 Å². The number of anilines is 2. The molecule has 0 aromatic heterocycles. The predicted molar refractivity (Wildman–Crippen MR) is 214 cm³/mol. The van der Waals surface area contributed by atoms with E-state index in [2.05, 4.69) is 26.6 Å². The van der Waals surface area contributed by atoms with Crippen LogP contribution in [-0.2, 0) is 43.2 Å². The number of amides is 3. The number of carbonyl (C=O) groups is 5. The highest BCUT2D eigenvalue weighted by atomic mass is 16.6. The van der Waals surface area contributed by atoms with Gasteiger partial charge in [0, 0.05) is 42.8 Å². The SMILES string of the molecule is CC(C)CC(NC(=O)Cc1ccc(N/C(=C/[N+](=O)[O-])Nc2ccc([N+](=O)[O-])cc2)cc1)C(=O)NC(Cc1ccccc1CC(NC(=O)CC(C)(C)C)C(=O)O)C(=O)O. The molecule has 0 radical (unpaired) electrons. The fraction of sp³-hybridized carbons (Fsp3) is 0.375. The van der Waals surface area contributed by atoms with E-state index in [9.17, 15) is 54.4 Å². The molecule has 7 N–H and O–H groups in total. The lowest BCUT2D eigenvalue weighted by Gasteiger charge is -2.24. The molecule has 58 heavy (non-hydrogen) atoms. The summed E-state index contributed by atoms with van der Waals surface area (Å²) < 4.78 is 0. The molecule has 3 rings (SSSR count). The van der Waals surface area contributed by atoms with Gasteiger partial charge < -0.3 is 36.8 Å². The summed E-state index contributed by atoms with van der Waals surface area (Å²) in [5.41, 5.74) is 1.70. The smallest absolute Gasteiger partial charge is 0.326 e. The zero-order valence-corrected chi connectivity index (χ0v) is 32.8. The van der Waals surface area contributed by atoms with Crippen molar-refractivity contribution in [3.05, 3.63) is 122 Å². The fourth-order valence-electron chi connectivity index (χ4n) is 5.81. The van der Waals surface area contributed by atoms with Gasteiger partial charge in [-0.3, -0.25) is 34.6 Å². The van der Waals surface area contributed by atoms with Crippen LogP contribution < -0.4 is 26.6 Å². The van der Waals surface area contributed by atoms with E-state index in [1.165, 1.54) is 24.3 Å². The molecular weight excluding hydrogens is 754 g/mol. The molecule has 18 nitrogen and oxygen atoms in total. The third-order valence-corrected chi connectivity index (χ3v) is 8.45. The lowest BCUT2D eigenvalue weighted by Crippen LogP contribution is -2.53. The first-order chi connectivity index (χ1) is 27.2. The number of nitro benzene ring substituents is 1. The summed E-state index contributed by atoms with van der Waals surface area (Å²) in [4.78, 5) is 84.7. The van der Waals surface area contributed by atoms with Gasteiger partial charge in [-0.25, -0.2) is 9.59 Å². The second kappa shape index (κ2) is 20.9. The minimum absolute atomic E-state index is 0.0420. The quantitative estimate of drug-likeness (QED) is 0.0573. The molecule has 0 fully saturated rings. The molecule has 0 aliphatic heterocycles. The van der Waals surface area contributed by atoms with Crippen molar-refractivity contribution in [3.63, 3.8) is 0 Å². The van der Waals surface area contributed by atoms with E-state index in [0.717, 1.165) is 0 Å². The second-order valence-corrected chi connectivity index (χ2v) is 15.3. The van der Waals surface area contributed by atoms with E-state index >= 15 is 0 Å². The van der Waals surface area contributed by atoms with E-state index in [4.69, 9.17) is 0 Å². The van der Waals surface area contributed by atoms with Gasteiger partial charge in [0.1, 0.15) is 18.1 Å². The highest BCUT2D eigenvalue weighted by Crippen LogP contribution is 2.21. The Morgan fingerprint density at radius 2 is 1.19 bits per heavy atom. The van der Waals surface area contributed by atoms with Gasteiger partial charge >= 0.3 is 11.9 Å². The fourth-order valence-corrected chi connectivity index (χ4v) is 5.81. The van der Waals surface area contributed by atoms with Crippen molar-refractivity contribution >= 4 is 46.7 Å². The Morgan fingerprint density at radius 3 is 1.64 bits per heavy atom. The van der Waals surface area contributed by atoms with Crippen LogP contribution in [0.3, 0.4) is 0 Å². The summed E-state index contributed by atoms with van der Waals surface area (Å²) in [7, 11) is 0. The van der Waals surface area contributed by atoms with E-state index in [0.29, 0.717) is 34.3 Å². The van der Waals surface area contributed by atoms with E-state index < -0.39 is 57.6 Å². The van der Waals surface area contributed by atoms with Crippen LogP contribution in [0.2, 0.25) is 0 Å². The number of hydrogen-bond donors (Lipinski definition) is 7. The van der Waals surface area contributed by atoms with Gasteiger partial charge in [-0.2, -0.15) is 0 Å². The average Bonchev–Trinajstić information content (AvgIpc) is 3.11. The van der Waals surface area contributed by atoms with Crippen molar-refractivity contribution in [3.8, 4) is 0 Å². The third kappa shape index (κ3) is 15.7. The summed E-state index contributed by atoms with van der Waals surface area (Å²) in [6.45, 7) is 9.21. The Bertz CT molecular complexity index is 1990. The maximum absolute atomic E-state index is 13.5. The number of aliphatic carboxylic acids is 2. The molecule has 310 valence electrons. The van der Waals surface area contributed by atoms with Crippen molar-refractivity contribution in [2.24, 2.45) is 11.3 Å². The summed E-state index contributed by atoms with van der Waals surface area (Å²) >= 11 is 0. The highest BCUT2D eigenvalue weighted by Gasteiger charge is 2.29. The van der Waals surface area contributed by atoms with E-state index in [1.54, 1.807) is 48.5 Å². The first-order valence-corrected chi connectivity index (χ1v) is 18.3. The summed E-state index contributed by atoms with van der Waals surface area (Å²) in [5.74, 6) is -4.41. The number of benzene rings is 3. The number of nitro groups is 2. The maximum Gasteiger partial charge on any atom is 0.326 e. The number of non-ortho nitro benzene ring substituents is 1. The number of nitrogens with one attached hydrogen (secondary N) is 5. The summed E-state index contributed by atoms with van der Waals surface area (Å²) in [5, 5.41) is 55.6. The zero-order valence-electron chi connectivity index (χ0n) is 32.8. The molecule has 0 aliphatic rings. The highest BCUT2D eigenvalue weighted by molar-refractivity contribution is 5.91. The number of carboxylic acids is 2. The van der Waals surface area contributed by atoms with Crippen molar-refractivity contribution in [2.75, 3.05) is 10.6 Å². The Hall–Kier alpha value is -6.85. The molecule has 0 saturated heterocycles. The van der Waals surface area contributed by atoms with Gasteiger partial charge in [-0.15, -0.1) is 0 Å². The number of carboxylic acid groups (broad SMARTS) is 2. The van der Waals surface area contributed by atoms with Gasteiger partial charge in [0.15, 0.2) is 5.82 Å². The normalized spacial score (nSPS) is 13.0. The molecule has 3 unspecified atom stereocenters. The Labute approximate surface area is 334 Å². The topological polar surface area (TPSA) is 272 Å². The molecule has 3 atom stereocenters. The van der Waals surface area contributed by atoms with Gasteiger partial charge in [-0.05, 0) is 58.7 Å². The molecule has 3 aromatic carbocycles. The first kappa shape index (κ1) is 45.5. The zero-order chi connectivity index (χ0) is 43.2. The number of nitrogens with zero attached hydrogens (tertiary/aromatic N) is 2. The van der Waals surface area contributed by atoms with Crippen LogP contribution in [0.4, 0.5) is 17.1 Å². The molecule has 0 spiro atoms. The number of carbonyl (C=O) groups excluding carboxylic acids is 3. The average molecular weight is 804 g/mol. The largest absolute Gasteiger partial charge is 0.480 e. The van der Waals surface area contributed by atoms with Gasteiger partial charge in [0.25, 0.3) is 11.9 Å². The first-order valence-electron chi connectivity index (χ1n) is 18.3. The summed E-state index contributed by atoms with van der Waals surface area (Å²) in [6.07, 6.45) is 0.481. The Kier molecular flexibility index (Phi) is 16.4. The van der Waals surface area contributed by atoms with Crippen LogP contribution in [0.5, 0.6) is 0 Å². The predicted octanol–water partition coefficient (Wildman–Crippen LogP) is 4.63. The summed E-state index contributed by atoms with van der Waals surface area (Å²) in [6, 6.07) is 14.3. The molecular formula is C40H49N7O11. The monoisotopic (exact) mass is 803 g/mol. The Balaban J connectivity index is 1.68. The van der Waals surface area contributed by atoms with Crippen molar-refractivity contribution in [1.29, 1.82) is 0 Å². The minimum atomic E-state index is -1.44. The minimum Gasteiger partial charge on any atom is -0.480 e. The molecule has 0 bridgehead atoms. The van der Waals surface area contributed by atoms with Crippen LogP contribution in [0.15, 0.2) is 84.8 Å². The lowest BCUT2D eigenvalue weighted by atomic mass is 9.91. The van der Waals surface area contributed by atoms with Crippen LogP contribution in [-0.4, -0.2) is 67.8 Å². The van der Waals surface area contributed by atoms with Crippen LogP contribution in [0.25, 0.3) is 0 Å². The lowest BCUT2D eigenvalue weighted by molar-refractivity contribution is -0.403. The third-order valence-electron chi connectivity index (χ3n) is 8.45. The Morgan fingerprint density at radius 1 is 0.707 bits per heavy atom. The molecule has 0 aliphatic carbocycles. The number of hydrogen-bond acceptors (Lipinski definition) is 11. The standard InChI is InChI=1S/C40H49N7O11/c1-24(2)18-31(37(50)45-33(39(53)54)21-27-9-7-6-8-26(27)20-32(38(51)52)44-36(49)22-40(3,4)5)43-35(48)19-25-10-12-28(13-11-25)41-34(23-46(55)56)42-29-14-16-30(17-15-29)47(57)58/h6-17,23-24,31-33,41-42H,18-22H2,1-5H3,(H,43,48)(H,44,49)(H,45,50)(H,51,52)(H,53,54)/b34-23-. The van der Waals surface area contributed by atoms with E-state index in [1.807, 2.05) is 34.6 Å². The second-order valence-electron chi connectivity index (χ2n) is 15.3. The molecule has 3 aromatic rings. The van der Waals surface area contributed by atoms with Gasteiger partial charge in [0.2, 0.25) is 17.7 Å². The van der Waals surface area contributed by atoms with Gasteiger partial charge in [0.05, 0.1) is 16.3 Å². The van der Waals surface area contributed by atoms with Crippen LogP contribution >= 0.6 is 0 Å². The van der Waals surface area contributed by atoms with E-state index in [-0.39, 0.29) is 54.9 Å². The van der Waals surface area contributed by atoms with Crippen molar-refractivity contribution < 1.29 is 44.0 Å². The molecule has 18 heteroatoms. The number of rotatable bonds is 21.